The van der Waals surface area contributed by atoms with Crippen molar-refractivity contribution in [1.82, 2.24) is 0 Å². The Morgan fingerprint density at radius 3 is 2.18 bits per heavy atom. The average molecular weight is 478 g/mol. The van der Waals surface area contributed by atoms with E-state index in [1.165, 1.54) is 28.1 Å². The SMILES string of the molecule is CC1(C(=O)O)OCC(Cc2ccc(OCCN3c4ccccc4Sc4ccccc43)cc2)CO1. The molecule has 0 bridgehead atoms. The van der Waals surface area contributed by atoms with E-state index in [4.69, 9.17) is 14.2 Å². The van der Waals surface area contributed by atoms with Gasteiger partial charge in [-0.2, -0.15) is 0 Å². The van der Waals surface area contributed by atoms with Crippen LogP contribution in [0.4, 0.5) is 11.4 Å². The maximum Gasteiger partial charge on any atom is 0.364 e. The molecular weight excluding hydrogens is 450 g/mol. The van der Waals surface area contributed by atoms with E-state index in [0.29, 0.717) is 19.8 Å². The first kappa shape index (κ1) is 22.8. The minimum atomic E-state index is -1.54. The first-order valence-corrected chi connectivity index (χ1v) is 12.2. The summed E-state index contributed by atoms with van der Waals surface area (Å²) in [7, 11) is 0. The molecule has 34 heavy (non-hydrogen) atoms. The van der Waals surface area contributed by atoms with Crippen LogP contribution in [0.2, 0.25) is 0 Å². The molecule has 5 rings (SSSR count). The zero-order valence-corrected chi connectivity index (χ0v) is 19.8. The third-order valence-corrected chi connectivity index (χ3v) is 7.27. The fourth-order valence-corrected chi connectivity index (χ4v) is 5.31. The highest BCUT2D eigenvalue weighted by atomic mass is 32.2. The highest BCUT2D eigenvalue weighted by molar-refractivity contribution is 7.99. The van der Waals surface area contributed by atoms with E-state index < -0.39 is 11.8 Å². The van der Waals surface area contributed by atoms with Gasteiger partial charge in [0, 0.05) is 22.6 Å². The van der Waals surface area contributed by atoms with Gasteiger partial charge in [-0.25, -0.2) is 4.79 Å². The number of benzene rings is 3. The van der Waals surface area contributed by atoms with E-state index in [1.807, 2.05) is 24.3 Å². The molecule has 0 unspecified atom stereocenters. The standard InChI is InChI=1S/C27H27NO5S/c1-27(26(29)30)32-17-20(18-33-27)16-19-10-12-21(13-11-19)31-15-14-28-22-6-2-4-8-24(22)34-25-9-5-3-7-23(25)28/h2-13,20H,14-18H2,1H3,(H,29,30). The second-order valence-electron chi connectivity index (χ2n) is 8.62. The van der Waals surface area contributed by atoms with Gasteiger partial charge in [0.2, 0.25) is 0 Å². The molecule has 0 aliphatic carbocycles. The number of para-hydroxylation sites is 2. The minimum absolute atomic E-state index is 0.122. The van der Waals surface area contributed by atoms with E-state index in [-0.39, 0.29) is 5.92 Å². The van der Waals surface area contributed by atoms with Gasteiger partial charge in [-0.05, 0) is 48.4 Å². The number of hydrogen-bond acceptors (Lipinski definition) is 6. The number of carbonyl (C=O) groups is 1. The molecule has 3 aromatic rings. The van der Waals surface area contributed by atoms with Crippen molar-refractivity contribution in [2.45, 2.75) is 28.9 Å². The van der Waals surface area contributed by atoms with Gasteiger partial charge in [0.1, 0.15) is 12.4 Å². The van der Waals surface area contributed by atoms with Crippen molar-refractivity contribution < 1.29 is 24.1 Å². The van der Waals surface area contributed by atoms with Crippen LogP contribution in [-0.2, 0) is 20.7 Å². The molecule has 6 nitrogen and oxygen atoms in total. The summed E-state index contributed by atoms with van der Waals surface area (Å²) < 4.78 is 17.0. The fourth-order valence-electron chi connectivity index (χ4n) is 4.22. The molecule has 0 radical (unpaired) electrons. The van der Waals surface area contributed by atoms with Gasteiger partial charge in [-0.15, -0.1) is 0 Å². The molecule has 2 aliphatic heterocycles. The van der Waals surface area contributed by atoms with Crippen LogP contribution in [0.3, 0.4) is 0 Å². The van der Waals surface area contributed by atoms with E-state index in [0.717, 1.165) is 24.3 Å². The molecule has 0 saturated carbocycles. The Hall–Kier alpha value is -3.00. The molecule has 0 amide bonds. The highest BCUT2D eigenvalue weighted by Gasteiger charge is 2.40. The number of anilines is 2. The molecule has 3 aromatic carbocycles. The van der Waals surface area contributed by atoms with Crippen LogP contribution in [-0.4, -0.2) is 43.2 Å². The van der Waals surface area contributed by atoms with Crippen LogP contribution < -0.4 is 9.64 Å². The van der Waals surface area contributed by atoms with Crippen LogP contribution >= 0.6 is 11.8 Å². The summed E-state index contributed by atoms with van der Waals surface area (Å²) in [4.78, 5) is 16.1. The number of ether oxygens (including phenoxy) is 3. The van der Waals surface area contributed by atoms with Gasteiger partial charge in [-0.1, -0.05) is 48.2 Å². The minimum Gasteiger partial charge on any atom is -0.492 e. The van der Waals surface area contributed by atoms with Crippen molar-refractivity contribution in [2.24, 2.45) is 5.92 Å². The predicted octanol–water partition coefficient (Wildman–Crippen LogP) is 5.37. The first-order valence-electron chi connectivity index (χ1n) is 11.4. The second-order valence-corrected chi connectivity index (χ2v) is 9.71. The van der Waals surface area contributed by atoms with Gasteiger partial charge in [0.25, 0.3) is 5.79 Å². The molecule has 176 valence electrons. The molecule has 1 saturated heterocycles. The Kier molecular flexibility index (Phi) is 6.50. The van der Waals surface area contributed by atoms with E-state index in [2.05, 4.69) is 53.4 Å². The van der Waals surface area contributed by atoms with Crippen LogP contribution in [0.1, 0.15) is 12.5 Å². The second kappa shape index (κ2) is 9.70. The molecule has 1 fully saturated rings. The zero-order valence-electron chi connectivity index (χ0n) is 19.0. The summed E-state index contributed by atoms with van der Waals surface area (Å²) in [6.45, 7) is 3.47. The summed E-state index contributed by atoms with van der Waals surface area (Å²) in [6.07, 6.45) is 0.759. The number of rotatable bonds is 7. The zero-order chi connectivity index (χ0) is 23.5. The molecule has 1 N–H and O–H groups in total. The Balaban J connectivity index is 1.16. The van der Waals surface area contributed by atoms with E-state index in [9.17, 15) is 9.90 Å². The number of hydrogen-bond donors (Lipinski definition) is 1. The summed E-state index contributed by atoms with van der Waals surface area (Å²) in [6, 6.07) is 25.0. The largest absolute Gasteiger partial charge is 0.492 e. The lowest BCUT2D eigenvalue weighted by Crippen LogP contribution is -2.48. The smallest absolute Gasteiger partial charge is 0.364 e. The Labute approximate surface area is 203 Å². The first-order chi connectivity index (χ1) is 16.5. The number of carboxylic acid groups (broad SMARTS) is 1. The third-order valence-electron chi connectivity index (χ3n) is 6.14. The van der Waals surface area contributed by atoms with E-state index in [1.54, 1.807) is 11.8 Å². The topological polar surface area (TPSA) is 68.2 Å². The van der Waals surface area contributed by atoms with Gasteiger partial charge in [-0.3, -0.25) is 0 Å². The highest BCUT2D eigenvalue weighted by Crippen LogP contribution is 2.47. The van der Waals surface area contributed by atoms with Crippen LogP contribution in [0, 0.1) is 5.92 Å². The van der Waals surface area contributed by atoms with Crippen molar-refractivity contribution in [3.8, 4) is 5.75 Å². The van der Waals surface area contributed by atoms with Gasteiger partial charge in [0.05, 0.1) is 31.1 Å². The molecule has 0 atom stereocenters. The van der Waals surface area contributed by atoms with Gasteiger partial charge < -0.3 is 24.2 Å². The molecular formula is C27H27NO5S. The number of fused-ring (bicyclic) bond motifs is 2. The molecule has 0 spiro atoms. The van der Waals surface area contributed by atoms with Gasteiger partial charge >= 0.3 is 5.97 Å². The van der Waals surface area contributed by atoms with E-state index >= 15 is 0 Å². The number of aliphatic carboxylic acids is 1. The fraction of sp³-hybridized carbons (Fsp3) is 0.296. The summed E-state index contributed by atoms with van der Waals surface area (Å²) in [5, 5.41) is 9.19. The lowest BCUT2D eigenvalue weighted by Gasteiger charge is -2.34. The maximum absolute atomic E-state index is 11.2. The van der Waals surface area contributed by atoms with Gasteiger partial charge in [0.15, 0.2) is 0 Å². The van der Waals surface area contributed by atoms with Crippen molar-refractivity contribution >= 4 is 29.1 Å². The predicted molar refractivity (Wildman–Crippen MR) is 131 cm³/mol. The van der Waals surface area contributed by atoms with Crippen molar-refractivity contribution in [3.63, 3.8) is 0 Å². The van der Waals surface area contributed by atoms with Crippen LogP contribution in [0.15, 0.2) is 82.6 Å². The molecule has 7 heteroatoms. The van der Waals surface area contributed by atoms with Crippen molar-refractivity contribution in [3.05, 3.63) is 78.4 Å². The third kappa shape index (κ3) is 4.78. The molecule has 0 aromatic heterocycles. The monoisotopic (exact) mass is 477 g/mol. The lowest BCUT2D eigenvalue weighted by molar-refractivity contribution is -0.270. The molecule has 2 aliphatic rings. The van der Waals surface area contributed by atoms with Crippen LogP contribution in [0.25, 0.3) is 0 Å². The Bertz CT molecular complexity index is 1110. The maximum atomic E-state index is 11.2. The Morgan fingerprint density at radius 1 is 1.00 bits per heavy atom. The summed E-state index contributed by atoms with van der Waals surface area (Å²) in [5.74, 6) is -1.69. The average Bonchev–Trinajstić information content (AvgIpc) is 2.86. The quantitative estimate of drug-likeness (QED) is 0.490. The normalized spacial score (nSPS) is 21.4. The Morgan fingerprint density at radius 2 is 1.59 bits per heavy atom. The lowest BCUT2D eigenvalue weighted by atomic mass is 9.99. The summed E-state index contributed by atoms with van der Waals surface area (Å²) >= 11 is 1.80. The summed E-state index contributed by atoms with van der Waals surface area (Å²) in [5.41, 5.74) is 3.56. The van der Waals surface area contributed by atoms with Crippen molar-refractivity contribution in [1.29, 1.82) is 0 Å². The molecule has 2 heterocycles. The van der Waals surface area contributed by atoms with Crippen molar-refractivity contribution in [2.75, 3.05) is 31.3 Å². The number of carboxylic acids is 1. The van der Waals surface area contributed by atoms with Crippen LogP contribution in [0.5, 0.6) is 5.75 Å². The number of nitrogens with zero attached hydrogens (tertiary/aromatic N) is 1.